The third kappa shape index (κ3) is 4.77. The predicted molar refractivity (Wildman–Crippen MR) is 67.8 cm³/mol. The van der Waals surface area contributed by atoms with E-state index < -0.39 is 33.7 Å². The van der Waals surface area contributed by atoms with E-state index in [1.165, 1.54) is 4.90 Å². The Hall–Kier alpha value is -1.19. The maximum absolute atomic E-state index is 12.1. The highest BCUT2D eigenvalue weighted by Crippen LogP contribution is 2.09. The second-order valence-electron chi connectivity index (χ2n) is 4.55. The molecule has 110 valence electrons. The van der Waals surface area contributed by atoms with Crippen molar-refractivity contribution in [3.05, 3.63) is 0 Å². The van der Waals surface area contributed by atoms with Gasteiger partial charge in [0.05, 0.1) is 25.0 Å². The Kier molecular flexibility index (Phi) is 5.27. The topological polar surface area (TPSA) is 133 Å². The molecule has 1 fully saturated rings. The number of carbonyl (C=O) groups is 2. The van der Waals surface area contributed by atoms with Crippen molar-refractivity contribution in [3.63, 3.8) is 0 Å². The van der Waals surface area contributed by atoms with E-state index in [9.17, 15) is 18.0 Å². The van der Waals surface area contributed by atoms with Crippen LogP contribution in [0.25, 0.3) is 0 Å². The predicted octanol–water partition coefficient (Wildman–Crippen LogP) is -2.54. The number of sulfone groups is 1. The summed E-state index contributed by atoms with van der Waals surface area (Å²) >= 11 is 0. The Bertz CT molecular complexity index is 450. The molecule has 0 aromatic heterocycles. The number of amides is 2. The Morgan fingerprint density at radius 2 is 2.11 bits per heavy atom. The molecule has 0 aliphatic carbocycles. The number of morpholine rings is 1. The second kappa shape index (κ2) is 6.31. The van der Waals surface area contributed by atoms with E-state index in [0.717, 1.165) is 6.26 Å². The van der Waals surface area contributed by atoms with Gasteiger partial charge in [0.15, 0.2) is 0 Å². The van der Waals surface area contributed by atoms with Gasteiger partial charge in [-0.1, -0.05) is 0 Å². The third-order valence-electron chi connectivity index (χ3n) is 2.86. The lowest BCUT2D eigenvalue weighted by molar-refractivity contribution is -0.148. The summed E-state index contributed by atoms with van der Waals surface area (Å²) < 4.78 is 27.2. The molecule has 1 aliphatic rings. The molecule has 19 heavy (non-hydrogen) atoms. The summed E-state index contributed by atoms with van der Waals surface area (Å²) in [6, 6.07) is -1.81. The highest BCUT2D eigenvalue weighted by Gasteiger charge is 2.33. The first-order valence-corrected chi connectivity index (χ1v) is 7.89. The Labute approximate surface area is 112 Å². The van der Waals surface area contributed by atoms with Gasteiger partial charge in [0.25, 0.3) is 0 Å². The van der Waals surface area contributed by atoms with Crippen LogP contribution in [0.1, 0.15) is 6.42 Å². The zero-order chi connectivity index (χ0) is 14.6. The number of hydrogen-bond acceptors (Lipinski definition) is 6. The van der Waals surface area contributed by atoms with Crippen molar-refractivity contribution in [3.8, 4) is 0 Å². The Morgan fingerprint density at radius 3 is 2.63 bits per heavy atom. The van der Waals surface area contributed by atoms with Crippen LogP contribution in [-0.2, 0) is 24.2 Å². The van der Waals surface area contributed by atoms with Gasteiger partial charge in [-0.3, -0.25) is 9.59 Å². The molecule has 0 aromatic rings. The van der Waals surface area contributed by atoms with Crippen LogP contribution >= 0.6 is 0 Å². The van der Waals surface area contributed by atoms with E-state index in [4.69, 9.17) is 16.2 Å². The van der Waals surface area contributed by atoms with Crippen molar-refractivity contribution in [1.29, 1.82) is 0 Å². The first-order valence-electron chi connectivity index (χ1n) is 5.83. The fourth-order valence-electron chi connectivity index (χ4n) is 1.78. The van der Waals surface area contributed by atoms with E-state index in [-0.39, 0.29) is 25.3 Å². The number of primary amides is 1. The van der Waals surface area contributed by atoms with Gasteiger partial charge >= 0.3 is 0 Å². The maximum atomic E-state index is 12.1. The molecular weight excluding hydrogens is 274 g/mol. The molecule has 0 aromatic carbocycles. The molecule has 0 spiro atoms. The number of ether oxygens (including phenoxy) is 1. The van der Waals surface area contributed by atoms with Gasteiger partial charge in [-0.2, -0.15) is 0 Å². The van der Waals surface area contributed by atoms with Crippen LogP contribution in [0, 0.1) is 0 Å². The smallest absolute Gasteiger partial charge is 0.242 e. The van der Waals surface area contributed by atoms with Crippen LogP contribution in [-0.4, -0.2) is 69.0 Å². The van der Waals surface area contributed by atoms with Gasteiger partial charge < -0.3 is 21.1 Å². The molecule has 8 nitrogen and oxygen atoms in total. The van der Waals surface area contributed by atoms with Gasteiger partial charge in [-0.25, -0.2) is 8.42 Å². The molecule has 2 unspecified atom stereocenters. The van der Waals surface area contributed by atoms with Crippen molar-refractivity contribution in [2.45, 2.75) is 18.5 Å². The lowest BCUT2D eigenvalue weighted by Crippen LogP contribution is -2.58. The van der Waals surface area contributed by atoms with Gasteiger partial charge in [-0.05, 0) is 6.42 Å². The first kappa shape index (κ1) is 15.9. The fourth-order valence-corrected chi connectivity index (χ4v) is 2.46. The van der Waals surface area contributed by atoms with E-state index in [1.54, 1.807) is 0 Å². The third-order valence-corrected chi connectivity index (χ3v) is 3.83. The summed E-state index contributed by atoms with van der Waals surface area (Å²) in [7, 11) is -3.18. The Morgan fingerprint density at radius 1 is 1.47 bits per heavy atom. The quantitative estimate of drug-likeness (QED) is 0.574. The van der Waals surface area contributed by atoms with E-state index >= 15 is 0 Å². The molecular formula is C10H19N3O5S. The van der Waals surface area contributed by atoms with Gasteiger partial charge in [0.2, 0.25) is 11.8 Å². The highest BCUT2D eigenvalue weighted by atomic mass is 32.2. The summed E-state index contributed by atoms with van der Waals surface area (Å²) in [5.74, 6) is -1.31. The van der Waals surface area contributed by atoms with E-state index in [1.807, 2.05) is 0 Å². The molecule has 4 N–H and O–H groups in total. The maximum Gasteiger partial charge on any atom is 0.242 e. The fraction of sp³-hybridized carbons (Fsp3) is 0.800. The number of carbonyl (C=O) groups excluding carboxylic acids is 2. The summed E-state index contributed by atoms with van der Waals surface area (Å²) in [5, 5.41) is 0. The van der Waals surface area contributed by atoms with Crippen molar-refractivity contribution < 1.29 is 22.7 Å². The lowest BCUT2D eigenvalue weighted by atomic mass is 10.1. The standard InChI is InChI=1S/C10H19N3O5S/c1-19(16,17)5-2-7(11)10(15)13-3-4-18-6-8(13)9(12)14/h7-8H,2-6,11H2,1H3,(H2,12,14). The Balaban J connectivity index is 2.66. The zero-order valence-electron chi connectivity index (χ0n) is 10.7. The minimum absolute atomic E-state index is 0.0144. The van der Waals surface area contributed by atoms with Crippen LogP contribution < -0.4 is 11.5 Å². The first-order chi connectivity index (χ1) is 8.72. The molecule has 1 saturated heterocycles. The van der Waals surface area contributed by atoms with Gasteiger partial charge in [0.1, 0.15) is 15.9 Å². The normalized spacial score (nSPS) is 22.0. The summed E-state index contributed by atoms with van der Waals surface area (Å²) in [6.45, 7) is 0.563. The number of nitrogens with two attached hydrogens (primary N) is 2. The molecule has 1 rings (SSSR count). The number of hydrogen-bond donors (Lipinski definition) is 2. The van der Waals surface area contributed by atoms with Crippen LogP contribution in [0.4, 0.5) is 0 Å². The SMILES string of the molecule is CS(=O)(=O)CCC(N)C(=O)N1CCOCC1C(N)=O. The minimum Gasteiger partial charge on any atom is -0.377 e. The molecule has 2 amide bonds. The molecule has 1 aliphatic heterocycles. The largest absolute Gasteiger partial charge is 0.377 e. The molecule has 2 atom stereocenters. The molecule has 0 bridgehead atoms. The van der Waals surface area contributed by atoms with Gasteiger partial charge in [0, 0.05) is 12.8 Å². The van der Waals surface area contributed by atoms with Crippen molar-refractivity contribution >= 4 is 21.7 Å². The lowest BCUT2D eigenvalue weighted by Gasteiger charge is -2.35. The van der Waals surface area contributed by atoms with Crippen LogP contribution in [0.5, 0.6) is 0 Å². The average molecular weight is 293 g/mol. The summed E-state index contributed by atoms with van der Waals surface area (Å²) in [4.78, 5) is 24.6. The highest BCUT2D eigenvalue weighted by molar-refractivity contribution is 7.90. The van der Waals surface area contributed by atoms with Crippen LogP contribution in [0.2, 0.25) is 0 Å². The van der Waals surface area contributed by atoms with Crippen molar-refractivity contribution in [2.75, 3.05) is 31.8 Å². The molecule has 0 saturated carbocycles. The number of rotatable bonds is 5. The van der Waals surface area contributed by atoms with Crippen molar-refractivity contribution in [2.24, 2.45) is 11.5 Å². The average Bonchev–Trinajstić information content (AvgIpc) is 2.34. The molecule has 1 heterocycles. The van der Waals surface area contributed by atoms with E-state index in [0.29, 0.717) is 6.61 Å². The second-order valence-corrected chi connectivity index (χ2v) is 6.81. The minimum atomic E-state index is -3.18. The molecule has 0 radical (unpaired) electrons. The van der Waals surface area contributed by atoms with Gasteiger partial charge in [-0.15, -0.1) is 0 Å². The van der Waals surface area contributed by atoms with Crippen LogP contribution in [0.15, 0.2) is 0 Å². The molecule has 9 heteroatoms. The van der Waals surface area contributed by atoms with E-state index in [2.05, 4.69) is 0 Å². The number of nitrogens with zero attached hydrogens (tertiary/aromatic N) is 1. The van der Waals surface area contributed by atoms with Crippen LogP contribution in [0.3, 0.4) is 0 Å². The van der Waals surface area contributed by atoms with Crippen molar-refractivity contribution in [1.82, 2.24) is 4.90 Å². The summed E-state index contributed by atoms with van der Waals surface area (Å²) in [6.07, 6.45) is 1.09. The zero-order valence-corrected chi connectivity index (χ0v) is 11.6. The monoisotopic (exact) mass is 293 g/mol. The summed E-state index contributed by atoms with van der Waals surface area (Å²) in [5.41, 5.74) is 10.9.